The third kappa shape index (κ3) is 2.64. The van der Waals surface area contributed by atoms with Crippen LogP contribution in [0.3, 0.4) is 0 Å². The van der Waals surface area contributed by atoms with Crippen LogP contribution in [0.1, 0.15) is 0 Å². The topological polar surface area (TPSA) is 89.7 Å². The van der Waals surface area contributed by atoms with Crippen LogP contribution >= 0.6 is 0 Å². The molecule has 1 fully saturated rings. The molecule has 8 heteroatoms. The summed E-state index contributed by atoms with van der Waals surface area (Å²) in [4.78, 5) is 10.8. The van der Waals surface area contributed by atoms with Gasteiger partial charge in [-0.3, -0.25) is 4.79 Å². The molecule has 0 aromatic rings. The van der Waals surface area contributed by atoms with Crippen molar-refractivity contribution in [2.75, 3.05) is 32.5 Å². The fraction of sp³-hybridized carbons (Fsp3) is 0.857. The lowest BCUT2D eigenvalue weighted by Crippen LogP contribution is -2.64. The van der Waals surface area contributed by atoms with Gasteiger partial charge in [-0.05, 0) is 0 Å². The van der Waals surface area contributed by atoms with Crippen molar-refractivity contribution in [1.82, 2.24) is 4.31 Å². The minimum Gasteiger partial charge on any atom is -0.468 e. The molecule has 0 atom stereocenters. The van der Waals surface area contributed by atoms with Crippen LogP contribution in [-0.4, -0.2) is 56.9 Å². The van der Waals surface area contributed by atoms with Crippen LogP contribution in [0.4, 0.5) is 4.39 Å². The molecule has 6 nitrogen and oxygen atoms in total. The van der Waals surface area contributed by atoms with Crippen molar-refractivity contribution in [3.05, 3.63) is 0 Å². The number of rotatable bonds is 4. The lowest BCUT2D eigenvalue weighted by Gasteiger charge is -2.42. The van der Waals surface area contributed by atoms with Gasteiger partial charge in [-0.1, -0.05) is 0 Å². The standard InChI is InChI=1S/C7H13FN2O4S/c1-14-6(11)2-15(12,13)10-4-7(8,3-9)5-10/h2-5,9H2,1H3. The lowest BCUT2D eigenvalue weighted by atomic mass is 10.0. The average molecular weight is 240 g/mol. The molecule has 0 aromatic carbocycles. The average Bonchev–Trinajstić information content (AvgIpc) is 2.11. The van der Waals surface area contributed by atoms with Crippen LogP contribution in [0.25, 0.3) is 0 Å². The first kappa shape index (κ1) is 12.3. The molecule has 0 saturated carbocycles. The third-order valence-electron chi connectivity index (χ3n) is 2.21. The van der Waals surface area contributed by atoms with E-state index in [-0.39, 0.29) is 19.6 Å². The van der Waals surface area contributed by atoms with Crippen molar-refractivity contribution < 1.29 is 22.3 Å². The number of hydrogen-bond donors (Lipinski definition) is 1. The Labute approximate surface area is 87.2 Å². The van der Waals surface area contributed by atoms with Crippen molar-refractivity contribution in [2.45, 2.75) is 5.67 Å². The Morgan fingerprint density at radius 3 is 2.53 bits per heavy atom. The van der Waals surface area contributed by atoms with Crippen molar-refractivity contribution in [2.24, 2.45) is 5.73 Å². The number of esters is 1. The summed E-state index contributed by atoms with van der Waals surface area (Å²) >= 11 is 0. The molecular weight excluding hydrogens is 227 g/mol. The summed E-state index contributed by atoms with van der Waals surface area (Å²) in [5.41, 5.74) is 3.46. The molecule has 0 aliphatic carbocycles. The van der Waals surface area contributed by atoms with Crippen LogP contribution in [-0.2, 0) is 19.6 Å². The highest BCUT2D eigenvalue weighted by atomic mass is 32.2. The van der Waals surface area contributed by atoms with E-state index in [4.69, 9.17) is 5.73 Å². The first-order chi connectivity index (χ1) is 6.83. The molecule has 0 aromatic heterocycles. The van der Waals surface area contributed by atoms with Gasteiger partial charge in [-0.25, -0.2) is 12.8 Å². The van der Waals surface area contributed by atoms with Crippen molar-refractivity contribution in [3.8, 4) is 0 Å². The molecule has 1 rings (SSSR count). The number of sulfonamides is 1. The van der Waals surface area contributed by atoms with Crippen LogP contribution in [0.5, 0.6) is 0 Å². The fourth-order valence-corrected chi connectivity index (χ4v) is 2.67. The maximum absolute atomic E-state index is 13.3. The molecule has 1 heterocycles. The zero-order valence-corrected chi connectivity index (χ0v) is 9.09. The SMILES string of the molecule is COC(=O)CS(=O)(=O)N1CC(F)(CN)C1. The van der Waals surface area contributed by atoms with E-state index in [1.165, 1.54) is 0 Å². The molecule has 0 spiro atoms. The zero-order chi connectivity index (χ0) is 11.7. The number of alkyl halides is 1. The number of ether oxygens (including phenoxy) is 1. The van der Waals surface area contributed by atoms with E-state index < -0.39 is 27.4 Å². The molecule has 1 aliphatic rings. The van der Waals surface area contributed by atoms with Crippen LogP contribution < -0.4 is 5.73 Å². The molecule has 1 saturated heterocycles. The van der Waals surface area contributed by atoms with E-state index in [0.717, 1.165) is 11.4 Å². The van der Waals surface area contributed by atoms with Gasteiger partial charge in [0.2, 0.25) is 10.0 Å². The summed E-state index contributed by atoms with van der Waals surface area (Å²) in [5, 5.41) is 0. The summed E-state index contributed by atoms with van der Waals surface area (Å²) < 4.78 is 41.2. The van der Waals surface area contributed by atoms with E-state index in [0.29, 0.717) is 0 Å². The van der Waals surface area contributed by atoms with E-state index in [1.54, 1.807) is 0 Å². The normalized spacial score (nSPS) is 20.7. The van der Waals surface area contributed by atoms with Gasteiger partial charge in [0.05, 0.1) is 20.2 Å². The van der Waals surface area contributed by atoms with Crippen molar-refractivity contribution in [1.29, 1.82) is 0 Å². The Morgan fingerprint density at radius 1 is 1.60 bits per heavy atom. The molecule has 88 valence electrons. The summed E-state index contributed by atoms with van der Waals surface area (Å²) in [6.07, 6.45) is 0. The highest BCUT2D eigenvalue weighted by molar-refractivity contribution is 7.89. The number of nitrogens with zero attached hydrogens (tertiary/aromatic N) is 1. The van der Waals surface area contributed by atoms with Crippen LogP contribution in [0, 0.1) is 0 Å². The number of methoxy groups -OCH3 is 1. The highest BCUT2D eigenvalue weighted by Gasteiger charge is 2.48. The first-order valence-electron chi connectivity index (χ1n) is 4.26. The van der Waals surface area contributed by atoms with E-state index >= 15 is 0 Å². The second-order valence-electron chi connectivity index (χ2n) is 3.46. The molecule has 15 heavy (non-hydrogen) atoms. The van der Waals surface area contributed by atoms with E-state index in [1.807, 2.05) is 0 Å². The Hall–Kier alpha value is -0.730. The largest absolute Gasteiger partial charge is 0.468 e. The maximum atomic E-state index is 13.3. The van der Waals surface area contributed by atoms with Gasteiger partial charge in [0, 0.05) is 6.54 Å². The second kappa shape index (κ2) is 4.03. The van der Waals surface area contributed by atoms with Gasteiger partial charge < -0.3 is 10.5 Å². The maximum Gasteiger partial charge on any atom is 0.322 e. The number of carbonyl (C=O) groups excluding carboxylic acids is 1. The van der Waals surface area contributed by atoms with Gasteiger partial charge in [-0.2, -0.15) is 4.31 Å². The van der Waals surface area contributed by atoms with Gasteiger partial charge in [0.15, 0.2) is 11.4 Å². The second-order valence-corrected chi connectivity index (χ2v) is 5.42. The number of nitrogens with two attached hydrogens (primary N) is 1. The smallest absolute Gasteiger partial charge is 0.322 e. The van der Waals surface area contributed by atoms with Crippen molar-refractivity contribution >= 4 is 16.0 Å². The van der Waals surface area contributed by atoms with E-state index in [2.05, 4.69) is 4.74 Å². The van der Waals surface area contributed by atoms with Gasteiger partial charge >= 0.3 is 5.97 Å². The predicted molar refractivity (Wildman–Crippen MR) is 50.3 cm³/mol. The fourth-order valence-electron chi connectivity index (χ4n) is 1.21. The monoisotopic (exact) mass is 240 g/mol. The molecule has 0 radical (unpaired) electrons. The lowest BCUT2D eigenvalue weighted by molar-refractivity contribution is -0.137. The number of halogens is 1. The third-order valence-corrected chi connectivity index (χ3v) is 3.85. The highest BCUT2D eigenvalue weighted by Crippen LogP contribution is 2.26. The predicted octanol–water partition coefficient (Wildman–Crippen LogP) is -1.53. The Bertz CT molecular complexity index is 350. The molecule has 0 unspecified atom stereocenters. The summed E-state index contributed by atoms with van der Waals surface area (Å²) in [5.74, 6) is -1.62. The van der Waals surface area contributed by atoms with Gasteiger partial charge in [0.1, 0.15) is 0 Å². The Kier molecular flexibility index (Phi) is 3.31. The zero-order valence-electron chi connectivity index (χ0n) is 8.27. The van der Waals surface area contributed by atoms with Gasteiger partial charge in [-0.15, -0.1) is 0 Å². The Balaban J connectivity index is 2.56. The number of hydrogen-bond acceptors (Lipinski definition) is 5. The minimum absolute atomic E-state index is 0.225. The van der Waals surface area contributed by atoms with E-state index in [9.17, 15) is 17.6 Å². The quantitative estimate of drug-likeness (QED) is 0.602. The molecule has 0 amide bonds. The number of carbonyl (C=O) groups is 1. The van der Waals surface area contributed by atoms with Gasteiger partial charge in [0.25, 0.3) is 0 Å². The summed E-state index contributed by atoms with van der Waals surface area (Å²) in [6.45, 7) is -0.803. The molecular formula is C7H13FN2O4S. The summed E-state index contributed by atoms with van der Waals surface area (Å²) in [6, 6.07) is 0. The molecule has 1 aliphatic heterocycles. The molecule has 0 bridgehead atoms. The molecule has 2 N–H and O–H groups in total. The van der Waals surface area contributed by atoms with Crippen LogP contribution in [0.15, 0.2) is 0 Å². The Morgan fingerprint density at radius 2 is 2.13 bits per heavy atom. The first-order valence-corrected chi connectivity index (χ1v) is 5.87. The van der Waals surface area contributed by atoms with Crippen molar-refractivity contribution in [3.63, 3.8) is 0 Å². The summed E-state index contributed by atoms with van der Waals surface area (Å²) in [7, 11) is -2.66. The van der Waals surface area contributed by atoms with Crippen LogP contribution in [0.2, 0.25) is 0 Å². The minimum atomic E-state index is -3.75.